The minimum atomic E-state index is -4.70. The van der Waals surface area contributed by atoms with Crippen molar-refractivity contribution in [1.82, 2.24) is 10.2 Å². The van der Waals surface area contributed by atoms with Gasteiger partial charge in [-0.3, -0.25) is 24.2 Å². The molecule has 3 N–H and O–H groups in total. The second-order valence-corrected chi connectivity index (χ2v) is 10.7. The zero-order valence-corrected chi connectivity index (χ0v) is 21.4. The Morgan fingerprint density at radius 1 is 0.946 bits per heavy atom. The minimum Gasteiger partial charge on any atom is -0.404 e. The van der Waals surface area contributed by atoms with Gasteiger partial charge in [0.2, 0.25) is 5.91 Å². The zero-order valence-electron chi connectivity index (χ0n) is 19.6. The van der Waals surface area contributed by atoms with E-state index < -0.39 is 19.8 Å². The van der Waals surface area contributed by atoms with Crippen LogP contribution in [0.4, 0.5) is 0 Å². The summed E-state index contributed by atoms with van der Waals surface area (Å²) in [4.78, 5) is 58.1. The highest BCUT2D eigenvalue weighted by molar-refractivity contribution is 7.99. The number of phosphoric acid groups is 1. The molecule has 1 atom stereocenters. The lowest BCUT2D eigenvalue weighted by Crippen LogP contribution is -2.48. The van der Waals surface area contributed by atoms with E-state index in [0.29, 0.717) is 30.0 Å². The molecule has 192 valence electrons. The highest BCUT2D eigenvalue weighted by atomic mass is 32.2. The maximum Gasteiger partial charge on any atom is 0.524 e. The van der Waals surface area contributed by atoms with E-state index in [1.807, 2.05) is 30.3 Å². The molecule has 0 bridgehead atoms. The van der Waals surface area contributed by atoms with Crippen molar-refractivity contribution in [2.45, 2.75) is 12.6 Å². The van der Waals surface area contributed by atoms with Crippen LogP contribution in [0.3, 0.4) is 0 Å². The zero-order chi connectivity index (χ0) is 26.4. The summed E-state index contributed by atoms with van der Waals surface area (Å²) in [6.07, 6.45) is 0. The maximum atomic E-state index is 13.2. The predicted molar refractivity (Wildman–Crippen MR) is 139 cm³/mol. The molecule has 1 unspecified atom stereocenters. The van der Waals surface area contributed by atoms with Crippen LogP contribution in [0.15, 0.2) is 78.9 Å². The van der Waals surface area contributed by atoms with Crippen LogP contribution in [-0.4, -0.2) is 56.4 Å². The normalized spacial score (nSPS) is 16.1. The SMILES string of the molecule is O=C(NC1CSCCN(Cc2ccc(C(=O)c3ccccc3)cc2)C1=O)c1ccc(OP(=O)(O)O)cc1. The Bertz CT molecular complexity index is 1310. The lowest BCUT2D eigenvalue weighted by atomic mass is 10.0. The fourth-order valence-corrected chi connectivity index (χ4v) is 5.20. The average molecular weight is 541 g/mol. The van der Waals surface area contributed by atoms with Gasteiger partial charge in [-0.15, -0.1) is 0 Å². The molecule has 11 heteroatoms. The van der Waals surface area contributed by atoms with Crippen molar-refractivity contribution in [3.63, 3.8) is 0 Å². The molecule has 0 radical (unpaired) electrons. The molecule has 0 spiro atoms. The summed E-state index contributed by atoms with van der Waals surface area (Å²) < 4.78 is 15.4. The number of hydrogen-bond acceptors (Lipinski definition) is 6. The molecule has 1 aliphatic rings. The highest BCUT2D eigenvalue weighted by Crippen LogP contribution is 2.37. The van der Waals surface area contributed by atoms with E-state index >= 15 is 0 Å². The van der Waals surface area contributed by atoms with Gasteiger partial charge in [0.15, 0.2) is 5.78 Å². The van der Waals surface area contributed by atoms with E-state index in [1.165, 1.54) is 24.3 Å². The second kappa shape index (κ2) is 11.7. The van der Waals surface area contributed by atoms with Crippen molar-refractivity contribution in [2.75, 3.05) is 18.1 Å². The number of ketones is 1. The molecule has 4 rings (SSSR count). The first-order chi connectivity index (χ1) is 17.7. The lowest BCUT2D eigenvalue weighted by molar-refractivity contribution is -0.132. The number of nitrogens with zero attached hydrogens (tertiary/aromatic N) is 1. The molecule has 0 aliphatic carbocycles. The number of carbonyl (C=O) groups is 3. The van der Waals surface area contributed by atoms with Crippen LogP contribution in [0.25, 0.3) is 0 Å². The fourth-order valence-electron chi connectivity index (χ4n) is 3.82. The summed E-state index contributed by atoms with van der Waals surface area (Å²) in [6, 6.07) is 20.7. The third-order valence-corrected chi connectivity index (χ3v) is 7.16. The van der Waals surface area contributed by atoms with Gasteiger partial charge < -0.3 is 14.7 Å². The van der Waals surface area contributed by atoms with Crippen LogP contribution in [-0.2, 0) is 15.9 Å². The number of nitrogens with one attached hydrogen (secondary N) is 1. The number of benzene rings is 3. The van der Waals surface area contributed by atoms with Gasteiger partial charge in [0.25, 0.3) is 5.91 Å². The molecule has 37 heavy (non-hydrogen) atoms. The van der Waals surface area contributed by atoms with Gasteiger partial charge in [0, 0.05) is 41.3 Å². The van der Waals surface area contributed by atoms with E-state index in [2.05, 4.69) is 9.84 Å². The summed E-state index contributed by atoms with van der Waals surface area (Å²) in [6.45, 7) is 0.870. The topological polar surface area (TPSA) is 133 Å². The largest absolute Gasteiger partial charge is 0.524 e. The Labute approximate surface area is 218 Å². The standard InChI is InChI=1S/C26H25N2O7PS/c29-24(19-4-2-1-3-5-19)20-8-6-18(7-9-20)16-28-14-15-37-17-23(26(28)31)27-25(30)21-10-12-22(13-11-21)35-36(32,33)34/h1-13,23H,14-17H2,(H,27,30)(H2,32,33,34). The van der Waals surface area contributed by atoms with Crippen molar-refractivity contribution < 1.29 is 33.3 Å². The Morgan fingerprint density at radius 2 is 1.57 bits per heavy atom. The van der Waals surface area contributed by atoms with Crippen molar-refractivity contribution in [3.8, 4) is 5.75 Å². The van der Waals surface area contributed by atoms with Crippen LogP contribution in [0.1, 0.15) is 31.8 Å². The van der Waals surface area contributed by atoms with E-state index in [9.17, 15) is 18.9 Å². The van der Waals surface area contributed by atoms with Gasteiger partial charge in [0.1, 0.15) is 11.8 Å². The summed E-state index contributed by atoms with van der Waals surface area (Å²) in [5.41, 5.74) is 2.27. The molecule has 9 nitrogen and oxygen atoms in total. The number of thioether (sulfide) groups is 1. The Morgan fingerprint density at radius 3 is 2.22 bits per heavy atom. The van der Waals surface area contributed by atoms with E-state index in [0.717, 1.165) is 11.3 Å². The number of hydrogen-bond donors (Lipinski definition) is 3. The van der Waals surface area contributed by atoms with Gasteiger partial charge in [0.05, 0.1) is 0 Å². The van der Waals surface area contributed by atoms with Gasteiger partial charge >= 0.3 is 7.82 Å². The maximum absolute atomic E-state index is 13.2. The average Bonchev–Trinajstić information content (AvgIpc) is 3.05. The summed E-state index contributed by atoms with van der Waals surface area (Å²) in [5, 5.41) is 2.76. The second-order valence-electron chi connectivity index (χ2n) is 8.36. The first kappa shape index (κ1) is 26.6. The molecule has 1 fully saturated rings. The molecular weight excluding hydrogens is 515 g/mol. The molecule has 3 aromatic carbocycles. The first-order valence-electron chi connectivity index (χ1n) is 11.4. The van der Waals surface area contributed by atoms with Crippen molar-refractivity contribution >= 4 is 37.2 Å². The Balaban J connectivity index is 1.39. The predicted octanol–water partition coefficient (Wildman–Crippen LogP) is 3.26. The van der Waals surface area contributed by atoms with Gasteiger partial charge in [-0.05, 0) is 29.8 Å². The molecule has 3 aromatic rings. The number of phosphoric ester groups is 1. The third-order valence-electron chi connectivity index (χ3n) is 5.67. The summed E-state index contributed by atoms with van der Waals surface area (Å²) in [5.74, 6) is 0.311. The Hall–Kier alpha value is -3.43. The Kier molecular flexibility index (Phi) is 8.45. The smallest absolute Gasteiger partial charge is 0.404 e. The lowest BCUT2D eigenvalue weighted by Gasteiger charge is -2.24. The van der Waals surface area contributed by atoms with E-state index in [-0.39, 0.29) is 23.0 Å². The van der Waals surface area contributed by atoms with Crippen molar-refractivity contribution in [3.05, 3.63) is 101 Å². The third kappa shape index (κ3) is 7.30. The van der Waals surface area contributed by atoms with Crippen LogP contribution < -0.4 is 9.84 Å². The van der Waals surface area contributed by atoms with Crippen molar-refractivity contribution in [1.29, 1.82) is 0 Å². The summed E-state index contributed by atoms with van der Waals surface area (Å²) in [7, 11) is -4.70. The van der Waals surface area contributed by atoms with Gasteiger partial charge in [-0.1, -0.05) is 54.6 Å². The van der Waals surface area contributed by atoms with Gasteiger partial charge in [-0.2, -0.15) is 11.8 Å². The monoisotopic (exact) mass is 540 g/mol. The molecule has 1 aliphatic heterocycles. The minimum absolute atomic E-state index is 0.0708. The molecule has 0 saturated carbocycles. The molecule has 2 amide bonds. The number of amides is 2. The number of carbonyl (C=O) groups excluding carboxylic acids is 3. The molecule has 0 aromatic heterocycles. The van der Waals surface area contributed by atoms with Crippen LogP contribution in [0, 0.1) is 0 Å². The molecule has 1 saturated heterocycles. The number of rotatable bonds is 8. The van der Waals surface area contributed by atoms with Crippen LogP contribution in [0.5, 0.6) is 5.75 Å². The van der Waals surface area contributed by atoms with Crippen LogP contribution >= 0.6 is 19.6 Å². The highest BCUT2D eigenvalue weighted by Gasteiger charge is 2.29. The van der Waals surface area contributed by atoms with Gasteiger partial charge in [-0.25, -0.2) is 4.57 Å². The summed E-state index contributed by atoms with van der Waals surface area (Å²) >= 11 is 1.56. The van der Waals surface area contributed by atoms with Crippen LogP contribution in [0.2, 0.25) is 0 Å². The molecule has 1 heterocycles. The van der Waals surface area contributed by atoms with E-state index in [4.69, 9.17) is 9.79 Å². The van der Waals surface area contributed by atoms with Crippen molar-refractivity contribution in [2.24, 2.45) is 0 Å². The van der Waals surface area contributed by atoms with E-state index in [1.54, 1.807) is 40.9 Å². The fraction of sp³-hybridized carbons (Fsp3) is 0.192. The molecular formula is C26H25N2O7PS. The quantitative estimate of drug-likeness (QED) is 0.293. The first-order valence-corrected chi connectivity index (χ1v) is 14.1.